The number of hydrogen-bond donors (Lipinski definition) is 1. The number of aryl methyl sites for hydroxylation is 1. The summed E-state index contributed by atoms with van der Waals surface area (Å²) in [4.78, 5) is 11.9. The van der Waals surface area contributed by atoms with Crippen molar-refractivity contribution in [2.75, 3.05) is 7.11 Å². The van der Waals surface area contributed by atoms with E-state index < -0.39 is 0 Å². The van der Waals surface area contributed by atoms with E-state index >= 15 is 0 Å². The van der Waals surface area contributed by atoms with Gasteiger partial charge in [-0.2, -0.15) is 0 Å². The number of carbonyl (C=O) groups is 1. The first-order chi connectivity index (χ1) is 11.2. The van der Waals surface area contributed by atoms with Gasteiger partial charge in [-0.15, -0.1) is 0 Å². The van der Waals surface area contributed by atoms with Crippen LogP contribution in [0.1, 0.15) is 30.4 Å². The van der Waals surface area contributed by atoms with E-state index in [0.717, 1.165) is 24.8 Å². The van der Waals surface area contributed by atoms with Crippen LogP contribution >= 0.6 is 0 Å². The number of rotatable bonds is 8. The molecule has 0 bridgehead atoms. The maximum atomic E-state index is 11.9. The van der Waals surface area contributed by atoms with Crippen molar-refractivity contribution in [3.63, 3.8) is 0 Å². The van der Waals surface area contributed by atoms with Gasteiger partial charge in [0.25, 0.3) is 0 Å². The Morgan fingerprint density at radius 2 is 1.91 bits per heavy atom. The smallest absolute Gasteiger partial charge is 0.161 e. The fraction of sp³-hybridized carbons (Fsp3) is 0.250. The minimum absolute atomic E-state index is 0.0943. The largest absolute Gasteiger partial charge is 0.504 e. The van der Waals surface area contributed by atoms with Crippen LogP contribution in [0, 0.1) is 0 Å². The van der Waals surface area contributed by atoms with Gasteiger partial charge in [-0.25, -0.2) is 0 Å². The fourth-order valence-corrected chi connectivity index (χ4v) is 2.34. The average Bonchev–Trinajstić information content (AvgIpc) is 2.59. The molecule has 0 atom stereocenters. The molecule has 2 aromatic carbocycles. The number of benzene rings is 2. The van der Waals surface area contributed by atoms with Crippen LogP contribution < -0.4 is 4.74 Å². The molecule has 0 aliphatic heterocycles. The van der Waals surface area contributed by atoms with Gasteiger partial charge >= 0.3 is 0 Å². The normalized spacial score (nSPS) is 10.8. The minimum atomic E-state index is 0.0943. The van der Waals surface area contributed by atoms with Gasteiger partial charge in [0, 0.05) is 6.42 Å². The topological polar surface area (TPSA) is 46.5 Å². The molecular formula is C20H22O3. The first kappa shape index (κ1) is 16.8. The first-order valence-electron chi connectivity index (χ1n) is 7.81. The molecule has 0 aliphatic carbocycles. The van der Waals surface area contributed by atoms with Gasteiger partial charge in [0.2, 0.25) is 0 Å². The predicted molar refractivity (Wildman–Crippen MR) is 92.7 cm³/mol. The Labute approximate surface area is 137 Å². The Bertz CT molecular complexity index is 660. The zero-order chi connectivity index (χ0) is 16.5. The van der Waals surface area contributed by atoms with Crippen molar-refractivity contribution < 1.29 is 14.6 Å². The highest BCUT2D eigenvalue weighted by Crippen LogP contribution is 2.26. The van der Waals surface area contributed by atoms with E-state index in [4.69, 9.17) is 4.74 Å². The molecule has 2 rings (SSSR count). The molecular weight excluding hydrogens is 288 g/mol. The zero-order valence-corrected chi connectivity index (χ0v) is 13.4. The molecule has 2 aromatic rings. The van der Waals surface area contributed by atoms with Crippen LogP contribution in [0.4, 0.5) is 0 Å². The molecule has 0 saturated carbocycles. The van der Waals surface area contributed by atoms with Crippen LogP contribution in [-0.2, 0) is 11.2 Å². The van der Waals surface area contributed by atoms with Crippen LogP contribution in [-0.4, -0.2) is 18.0 Å². The standard InChI is InChI=1S/C20H22O3/c1-23-20-15-17(12-14-19(20)22)11-13-18(21)10-6-5-9-16-7-3-2-4-8-16/h2-4,7-8,11-15,22H,5-6,9-10H2,1H3. The summed E-state index contributed by atoms with van der Waals surface area (Å²) in [6.45, 7) is 0. The molecule has 0 spiro atoms. The summed E-state index contributed by atoms with van der Waals surface area (Å²) in [5, 5.41) is 9.53. The van der Waals surface area contributed by atoms with Crippen LogP contribution in [0.3, 0.4) is 0 Å². The first-order valence-corrected chi connectivity index (χ1v) is 7.81. The molecule has 0 aromatic heterocycles. The molecule has 3 heteroatoms. The number of allylic oxidation sites excluding steroid dienone is 1. The number of phenolic OH excluding ortho intramolecular Hbond substituents is 1. The number of unbranched alkanes of at least 4 members (excludes halogenated alkanes) is 1. The van der Waals surface area contributed by atoms with Crippen molar-refractivity contribution in [3.8, 4) is 11.5 Å². The molecule has 0 radical (unpaired) electrons. The Hall–Kier alpha value is -2.55. The molecule has 23 heavy (non-hydrogen) atoms. The molecule has 1 N–H and O–H groups in total. The van der Waals surface area contributed by atoms with Gasteiger partial charge in [0.1, 0.15) is 0 Å². The van der Waals surface area contributed by atoms with E-state index in [-0.39, 0.29) is 11.5 Å². The van der Waals surface area contributed by atoms with E-state index in [0.29, 0.717) is 12.2 Å². The summed E-state index contributed by atoms with van der Waals surface area (Å²) in [5.74, 6) is 0.615. The monoisotopic (exact) mass is 310 g/mol. The third-order valence-electron chi connectivity index (χ3n) is 3.65. The summed E-state index contributed by atoms with van der Waals surface area (Å²) in [7, 11) is 1.50. The SMILES string of the molecule is COc1cc(C=CC(=O)CCCCc2ccccc2)ccc1O. The average molecular weight is 310 g/mol. The highest BCUT2D eigenvalue weighted by atomic mass is 16.5. The number of methoxy groups -OCH3 is 1. The van der Waals surface area contributed by atoms with Gasteiger partial charge < -0.3 is 9.84 Å². The van der Waals surface area contributed by atoms with E-state index in [2.05, 4.69) is 12.1 Å². The predicted octanol–water partition coefficient (Wildman–Crippen LogP) is 4.40. The Morgan fingerprint density at radius 3 is 2.65 bits per heavy atom. The highest BCUT2D eigenvalue weighted by molar-refractivity contribution is 5.93. The summed E-state index contributed by atoms with van der Waals surface area (Å²) in [6.07, 6.45) is 6.80. The molecule has 0 heterocycles. The molecule has 0 amide bonds. The second-order valence-electron chi connectivity index (χ2n) is 5.42. The maximum absolute atomic E-state index is 11.9. The lowest BCUT2D eigenvalue weighted by Crippen LogP contribution is -1.94. The van der Waals surface area contributed by atoms with E-state index in [1.54, 1.807) is 30.4 Å². The molecule has 0 aliphatic rings. The van der Waals surface area contributed by atoms with Crippen molar-refractivity contribution in [2.45, 2.75) is 25.7 Å². The quantitative estimate of drug-likeness (QED) is 0.581. The fourth-order valence-electron chi connectivity index (χ4n) is 2.34. The number of aromatic hydroxyl groups is 1. The molecule has 120 valence electrons. The molecule has 3 nitrogen and oxygen atoms in total. The Morgan fingerprint density at radius 1 is 1.13 bits per heavy atom. The Balaban J connectivity index is 1.76. The number of ketones is 1. The van der Waals surface area contributed by atoms with Crippen molar-refractivity contribution in [1.29, 1.82) is 0 Å². The third kappa shape index (κ3) is 5.62. The Kier molecular flexibility index (Phi) is 6.42. The highest BCUT2D eigenvalue weighted by Gasteiger charge is 2.02. The van der Waals surface area contributed by atoms with Crippen molar-refractivity contribution >= 4 is 11.9 Å². The number of phenols is 1. The van der Waals surface area contributed by atoms with E-state index in [1.165, 1.54) is 12.7 Å². The lowest BCUT2D eigenvalue weighted by molar-refractivity contribution is -0.114. The van der Waals surface area contributed by atoms with Gasteiger partial charge in [-0.05, 0) is 48.6 Å². The summed E-state index contributed by atoms with van der Waals surface area (Å²) in [6, 6.07) is 15.3. The van der Waals surface area contributed by atoms with Crippen LogP contribution in [0.5, 0.6) is 11.5 Å². The van der Waals surface area contributed by atoms with Crippen LogP contribution in [0.15, 0.2) is 54.6 Å². The van der Waals surface area contributed by atoms with Gasteiger partial charge in [-0.1, -0.05) is 42.5 Å². The van der Waals surface area contributed by atoms with E-state index in [9.17, 15) is 9.90 Å². The van der Waals surface area contributed by atoms with Crippen molar-refractivity contribution in [1.82, 2.24) is 0 Å². The van der Waals surface area contributed by atoms with Gasteiger partial charge in [0.15, 0.2) is 17.3 Å². The molecule has 0 unspecified atom stereocenters. The summed E-state index contributed by atoms with van der Waals surface area (Å²) in [5.41, 5.74) is 2.14. The zero-order valence-electron chi connectivity index (χ0n) is 13.4. The summed E-state index contributed by atoms with van der Waals surface area (Å²) < 4.78 is 5.05. The lowest BCUT2D eigenvalue weighted by atomic mass is 10.1. The number of ether oxygens (including phenoxy) is 1. The van der Waals surface area contributed by atoms with Crippen molar-refractivity contribution in [3.05, 3.63) is 65.7 Å². The number of carbonyl (C=O) groups excluding carboxylic acids is 1. The van der Waals surface area contributed by atoms with Gasteiger partial charge in [-0.3, -0.25) is 4.79 Å². The second-order valence-corrected chi connectivity index (χ2v) is 5.42. The van der Waals surface area contributed by atoms with Crippen LogP contribution in [0.2, 0.25) is 0 Å². The van der Waals surface area contributed by atoms with Crippen LogP contribution in [0.25, 0.3) is 6.08 Å². The minimum Gasteiger partial charge on any atom is -0.504 e. The molecule has 0 saturated heterocycles. The summed E-state index contributed by atoms with van der Waals surface area (Å²) >= 11 is 0. The van der Waals surface area contributed by atoms with Crippen molar-refractivity contribution in [2.24, 2.45) is 0 Å². The maximum Gasteiger partial charge on any atom is 0.161 e. The number of hydrogen-bond acceptors (Lipinski definition) is 3. The lowest BCUT2D eigenvalue weighted by Gasteiger charge is -2.03. The second kappa shape index (κ2) is 8.79. The third-order valence-corrected chi connectivity index (χ3v) is 3.65. The van der Waals surface area contributed by atoms with Gasteiger partial charge in [0.05, 0.1) is 7.11 Å². The van der Waals surface area contributed by atoms with E-state index in [1.807, 2.05) is 18.2 Å². The molecule has 0 fully saturated rings.